The van der Waals surface area contributed by atoms with Crippen LogP contribution in [0.1, 0.15) is 76.9 Å². The maximum atomic E-state index is 6.01. The lowest BCUT2D eigenvalue weighted by Gasteiger charge is -2.33. The van der Waals surface area contributed by atoms with E-state index in [1.807, 2.05) is 12.5 Å². The Kier molecular flexibility index (Phi) is 5.64. The summed E-state index contributed by atoms with van der Waals surface area (Å²) >= 11 is 0. The SMILES string of the molecule is CCC(C1CCCCC1)n1cncc1C(CN)C(C)C. The molecular weight excluding hydrogens is 246 g/mol. The van der Waals surface area contributed by atoms with E-state index in [4.69, 9.17) is 5.73 Å². The molecule has 1 aliphatic carbocycles. The van der Waals surface area contributed by atoms with Crippen molar-refractivity contribution >= 4 is 0 Å². The van der Waals surface area contributed by atoms with Crippen LogP contribution >= 0.6 is 0 Å². The summed E-state index contributed by atoms with van der Waals surface area (Å²) in [6.45, 7) is 7.55. The van der Waals surface area contributed by atoms with Crippen LogP contribution in [-0.4, -0.2) is 16.1 Å². The van der Waals surface area contributed by atoms with Gasteiger partial charge < -0.3 is 10.3 Å². The maximum absolute atomic E-state index is 6.01. The van der Waals surface area contributed by atoms with Crippen molar-refractivity contribution in [1.82, 2.24) is 9.55 Å². The zero-order valence-corrected chi connectivity index (χ0v) is 13.4. The van der Waals surface area contributed by atoms with Gasteiger partial charge in [0, 0.05) is 30.4 Å². The van der Waals surface area contributed by atoms with Gasteiger partial charge in [0.15, 0.2) is 0 Å². The van der Waals surface area contributed by atoms with Crippen LogP contribution in [0.5, 0.6) is 0 Å². The number of rotatable bonds is 6. The second-order valence-corrected chi connectivity index (χ2v) is 6.69. The van der Waals surface area contributed by atoms with Gasteiger partial charge in [-0.1, -0.05) is 40.0 Å². The van der Waals surface area contributed by atoms with Gasteiger partial charge >= 0.3 is 0 Å². The average Bonchev–Trinajstić information content (AvgIpc) is 2.90. The largest absolute Gasteiger partial charge is 0.331 e. The van der Waals surface area contributed by atoms with E-state index in [0.717, 1.165) is 5.92 Å². The van der Waals surface area contributed by atoms with Crippen molar-refractivity contribution in [2.24, 2.45) is 17.6 Å². The first kappa shape index (κ1) is 15.6. The Morgan fingerprint density at radius 2 is 2.00 bits per heavy atom. The quantitative estimate of drug-likeness (QED) is 0.850. The molecule has 1 aromatic rings. The van der Waals surface area contributed by atoms with Crippen LogP contribution in [0, 0.1) is 11.8 Å². The normalized spacial score (nSPS) is 20.2. The van der Waals surface area contributed by atoms with Crippen molar-refractivity contribution in [2.45, 2.75) is 71.3 Å². The molecule has 1 fully saturated rings. The van der Waals surface area contributed by atoms with E-state index < -0.39 is 0 Å². The van der Waals surface area contributed by atoms with E-state index in [-0.39, 0.29) is 0 Å². The van der Waals surface area contributed by atoms with Crippen LogP contribution < -0.4 is 5.73 Å². The van der Waals surface area contributed by atoms with Gasteiger partial charge in [-0.05, 0) is 31.1 Å². The third kappa shape index (κ3) is 3.25. The van der Waals surface area contributed by atoms with E-state index in [1.165, 1.54) is 44.2 Å². The Bertz CT molecular complexity index is 391. The molecule has 0 radical (unpaired) electrons. The molecule has 0 aromatic carbocycles. The molecule has 2 rings (SSSR count). The Morgan fingerprint density at radius 1 is 1.30 bits per heavy atom. The predicted molar refractivity (Wildman–Crippen MR) is 84.8 cm³/mol. The van der Waals surface area contributed by atoms with Gasteiger partial charge in [0.1, 0.15) is 0 Å². The van der Waals surface area contributed by atoms with Crippen molar-refractivity contribution in [2.75, 3.05) is 6.54 Å². The van der Waals surface area contributed by atoms with E-state index in [1.54, 1.807) is 0 Å². The molecule has 0 amide bonds. The fraction of sp³-hybridized carbons (Fsp3) is 0.824. The topological polar surface area (TPSA) is 43.8 Å². The van der Waals surface area contributed by atoms with Crippen molar-refractivity contribution in [3.8, 4) is 0 Å². The number of hydrogen-bond acceptors (Lipinski definition) is 2. The first-order valence-corrected chi connectivity index (χ1v) is 8.40. The smallest absolute Gasteiger partial charge is 0.0950 e. The van der Waals surface area contributed by atoms with Gasteiger partial charge in [-0.3, -0.25) is 0 Å². The van der Waals surface area contributed by atoms with Crippen LogP contribution in [0.25, 0.3) is 0 Å². The summed E-state index contributed by atoms with van der Waals surface area (Å²) in [6, 6.07) is 0.612. The fourth-order valence-corrected chi connectivity index (χ4v) is 3.89. The number of aromatic nitrogens is 2. The molecular formula is C17H31N3. The highest BCUT2D eigenvalue weighted by Crippen LogP contribution is 2.37. The molecule has 0 aliphatic heterocycles. The monoisotopic (exact) mass is 277 g/mol. The minimum Gasteiger partial charge on any atom is -0.331 e. The summed E-state index contributed by atoms with van der Waals surface area (Å²) in [5.74, 6) is 1.82. The number of hydrogen-bond donors (Lipinski definition) is 1. The highest BCUT2D eigenvalue weighted by molar-refractivity contribution is 5.10. The molecule has 1 heterocycles. The molecule has 1 saturated carbocycles. The van der Waals surface area contributed by atoms with E-state index in [0.29, 0.717) is 24.4 Å². The van der Waals surface area contributed by atoms with Gasteiger partial charge in [0.2, 0.25) is 0 Å². The molecule has 1 aromatic heterocycles. The van der Waals surface area contributed by atoms with Crippen LogP contribution in [0.2, 0.25) is 0 Å². The van der Waals surface area contributed by atoms with Gasteiger partial charge in [-0.15, -0.1) is 0 Å². The fourth-order valence-electron chi connectivity index (χ4n) is 3.89. The third-order valence-electron chi connectivity index (χ3n) is 5.10. The summed E-state index contributed by atoms with van der Waals surface area (Å²) in [5, 5.41) is 0. The minimum absolute atomic E-state index is 0.426. The zero-order valence-electron chi connectivity index (χ0n) is 13.4. The molecule has 20 heavy (non-hydrogen) atoms. The zero-order chi connectivity index (χ0) is 14.5. The highest BCUT2D eigenvalue weighted by Gasteiger charge is 2.27. The second kappa shape index (κ2) is 7.26. The Hall–Kier alpha value is -0.830. The van der Waals surface area contributed by atoms with Crippen molar-refractivity contribution < 1.29 is 0 Å². The lowest BCUT2D eigenvalue weighted by molar-refractivity contribution is 0.235. The summed E-state index contributed by atoms with van der Waals surface area (Å²) in [5.41, 5.74) is 7.36. The van der Waals surface area contributed by atoms with E-state index in [9.17, 15) is 0 Å². The standard InChI is InChI=1S/C17H31N3/c1-4-16(14-8-6-5-7-9-14)20-12-19-11-17(20)15(10-18)13(2)3/h11-16H,4-10,18H2,1-3H3. The molecule has 0 bridgehead atoms. The molecule has 2 unspecified atom stereocenters. The number of nitrogens with zero attached hydrogens (tertiary/aromatic N) is 2. The molecule has 2 N–H and O–H groups in total. The van der Waals surface area contributed by atoms with Gasteiger partial charge in [0.25, 0.3) is 0 Å². The third-order valence-corrected chi connectivity index (χ3v) is 5.10. The molecule has 3 nitrogen and oxygen atoms in total. The van der Waals surface area contributed by atoms with Gasteiger partial charge in [-0.25, -0.2) is 4.98 Å². The predicted octanol–water partition coefficient (Wildman–Crippen LogP) is 4.11. The lowest BCUT2D eigenvalue weighted by Crippen LogP contribution is -2.26. The van der Waals surface area contributed by atoms with Crippen LogP contribution in [0.15, 0.2) is 12.5 Å². The molecule has 3 heteroatoms. The number of imidazole rings is 1. The van der Waals surface area contributed by atoms with Gasteiger partial charge in [-0.2, -0.15) is 0 Å². The molecule has 0 spiro atoms. The second-order valence-electron chi connectivity index (χ2n) is 6.69. The van der Waals surface area contributed by atoms with Crippen molar-refractivity contribution in [1.29, 1.82) is 0 Å². The number of nitrogens with two attached hydrogens (primary N) is 1. The van der Waals surface area contributed by atoms with Crippen LogP contribution in [0.3, 0.4) is 0 Å². The summed E-state index contributed by atoms with van der Waals surface area (Å²) in [7, 11) is 0. The Morgan fingerprint density at radius 3 is 2.55 bits per heavy atom. The minimum atomic E-state index is 0.426. The van der Waals surface area contributed by atoms with Crippen molar-refractivity contribution in [3.63, 3.8) is 0 Å². The average molecular weight is 277 g/mol. The maximum Gasteiger partial charge on any atom is 0.0950 e. The van der Waals surface area contributed by atoms with Crippen LogP contribution in [-0.2, 0) is 0 Å². The Labute approximate surface area is 124 Å². The summed E-state index contributed by atoms with van der Waals surface area (Å²) in [6.07, 6.45) is 12.3. The molecule has 1 aliphatic rings. The van der Waals surface area contributed by atoms with Crippen molar-refractivity contribution in [3.05, 3.63) is 18.2 Å². The van der Waals surface area contributed by atoms with Gasteiger partial charge in [0.05, 0.1) is 6.33 Å². The summed E-state index contributed by atoms with van der Waals surface area (Å²) < 4.78 is 2.45. The van der Waals surface area contributed by atoms with E-state index in [2.05, 4.69) is 30.3 Å². The molecule has 0 saturated heterocycles. The molecule has 2 atom stereocenters. The lowest BCUT2D eigenvalue weighted by atomic mass is 9.82. The summed E-state index contributed by atoms with van der Waals surface area (Å²) in [4.78, 5) is 4.44. The van der Waals surface area contributed by atoms with E-state index >= 15 is 0 Å². The first-order valence-electron chi connectivity index (χ1n) is 8.40. The first-order chi connectivity index (χ1) is 9.69. The Balaban J connectivity index is 2.23. The van der Waals surface area contributed by atoms with Crippen LogP contribution in [0.4, 0.5) is 0 Å². The highest BCUT2D eigenvalue weighted by atomic mass is 15.1. The molecule has 114 valence electrons.